The van der Waals surface area contributed by atoms with Crippen molar-refractivity contribution in [3.8, 4) is 11.5 Å². The van der Waals surface area contributed by atoms with Gasteiger partial charge in [-0.25, -0.2) is 4.39 Å². The van der Waals surface area contributed by atoms with Crippen molar-refractivity contribution in [2.75, 3.05) is 0 Å². The SMILES string of the molecule is CC(C)C(NCc1noc(-c2ccc(Cl)cc2)n1)c1ccc(F)cc1. The average molecular weight is 360 g/mol. The number of rotatable bonds is 6. The Hall–Kier alpha value is -2.24. The molecule has 0 aliphatic carbocycles. The summed E-state index contributed by atoms with van der Waals surface area (Å²) >= 11 is 5.89. The predicted molar refractivity (Wildman–Crippen MR) is 95.6 cm³/mol. The summed E-state index contributed by atoms with van der Waals surface area (Å²) < 4.78 is 18.4. The third-order valence-electron chi connectivity index (χ3n) is 3.94. The van der Waals surface area contributed by atoms with Crippen LogP contribution in [0, 0.1) is 11.7 Å². The monoisotopic (exact) mass is 359 g/mol. The van der Waals surface area contributed by atoms with Crippen molar-refractivity contribution in [2.45, 2.75) is 26.4 Å². The molecular weight excluding hydrogens is 341 g/mol. The Balaban J connectivity index is 1.69. The summed E-state index contributed by atoms with van der Waals surface area (Å²) in [6.07, 6.45) is 0. The van der Waals surface area contributed by atoms with E-state index in [2.05, 4.69) is 29.3 Å². The highest BCUT2D eigenvalue weighted by molar-refractivity contribution is 6.30. The van der Waals surface area contributed by atoms with Gasteiger partial charge in [-0.15, -0.1) is 0 Å². The van der Waals surface area contributed by atoms with Crippen LogP contribution in [0.5, 0.6) is 0 Å². The number of aromatic nitrogens is 2. The second-order valence-corrected chi connectivity index (χ2v) is 6.61. The van der Waals surface area contributed by atoms with Gasteiger partial charge in [-0.2, -0.15) is 4.98 Å². The second kappa shape index (κ2) is 7.76. The van der Waals surface area contributed by atoms with Crippen LogP contribution in [0.2, 0.25) is 5.02 Å². The summed E-state index contributed by atoms with van der Waals surface area (Å²) in [5.41, 5.74) is 1.85. The predicted octanol–water partition coefficient (Wildman–Crippen LogP) is 5.02. The highest BCUT2D eigenvalue weighted by Crippen LogP contribution is 2.23. The zero-order chi connectivity index (χ0) is 17.8. The van der Waals surface area contributed by atoms with Crippen molar-refractivity contribution in [3.63, 3.8) is 0 Å². The van der Waals surface area contributed by atoms with Crippen molar-refractivity contribution in [2.24, 2.45) is 5.92 Å². The third kappa shape index (κ3) is 4.44. The molecule has 1 aromatic heterocycles. The largest absolute Gasteiger partial charge is 0.334 e. The molecule has 2 aromatic carbocycles. The molecule has 0 aliphatic heterocycles. The van der Waals surface area contributed by atoms with Crippen LogP contribution in [0.4, 0.5) is 4.39 Å². The summed E-state index contributed by atoms with van der Waals surface area (Å²) in [7, 11) is 0. The lowest BCUT2D eigenvalue weighted by atomic mass is 9.96. The molecule has 0 bridgehead atoms. The summed E-state index contributed by atoms with van der Waals surface area (Å²) in [5.74, 6) is 1.11. The first-order valence-electron chi connectivity index (χ1n) is 8.10. The number of nitrogens with one attached hydrogen (secondary N) is 1. The van der Waals surface area contributed by atoms with Crippen LogP contribution in [0.3, 0.4) is 0 Å². The normalized spacial score (nSPS) is 12.5. The van der Waals surface area contributed by atoms with Crippen LogP contribution >= 0.6 is 11.6 Å². The summed E-state index contributed by atoms with van der Waals surface area (Å²) in [4.78, 5) is 4.41. The van der Waals surface area contributed by atoms with Gasteiger partial charge in [0.1, 0.15) is 5.82 Å². The molecule has 0 amide bonds. The Kier molecular flexibility index (Phi) is 5.46. The molecule has 3 aromatic rings. The molecule has 0 fully saturated rings. The van der Waals surface area contributed by atoms with Gasteiger partial charge < -0.3 is 9.84 Å². The van der Waals surface area contributed by atoms with Gasteiger partial charge in [0.15, 0.2) is 5.82 Å². The Labute approximate surface area is 151 Å². The quantitative estimate of drug-likeness (QED) is 0.671. The molecule has 0 saturated carbocycles. The zero-order valence-corrected chi connectivity index (χ0v) is 14.8. The molecule has 0 radical (unpaired) electrons. The molecule has 4 nitrogen and oxygen atoms in total. The van der Waals surface area contributed by atoms with Crippen LogP contribution < -0.4 is 5.32 Å². The maximum atomic E-state index is 13.1. The number of nitrogens with zero attached hydrogens (tertiary/aromatic N) is 2. The molecule has 25 heavy (non-hydrogen) atoms. The number of hydrogen-bond acceptors (Lipinski definition) is 4. The fourth-order valence-electron chi connectivity index (χ4n) is 2.65. The first kappa shape index (κ1) is 17.6. The van der Waals surface area contributed by atoms with Crippen LogP contribution in [-0.4, -0.2) is 10.1 Å². The van der Waals surface area contributed by atoms with Gasteiger partial charge in [0.25, 0.3) is 5.89 Å². The zero-order valence-electron chi connectivity index (χ0n) is 14.0. The molecule has 6 heteroatoms. The van der Waals surface area contributed by atoms with Crippen molar-refractivity contribution >= 4 is 11.6 Å². The van der Waals surface area contributed by atoms with E-state index < -0.39 is 0 Å². The van der Waals surface area contributed by atoms with Gasteiger partial charge in [0.2, 0.25) is 0 Å². The summed E-state index contributed by atoms with van der Waals surface area (Å²) in [6, 6.07) is 13.8. The lowest BCUT2D eigenvalue weighted by molar-refractivity contribution is 0.388. The van der Waals surface area contributed by atoms with E-state index in [0.717, 1.165) is 11.1 Å². The molecule has 1 unspecified atom stereocenters. The third-order valence-corrected chi connectivity index (χ3v) is 4.19. The van der Waals surface area contributed by atoms with E-state index in [4.69, 9.17) is 16.1 Å². The van der Waals surface area contributed by atoms with E-state index in [0.29, 0.717) is 29.2 Å². The molecule has 0 spiro atoms. The molecule has 0 saturated heterocycles. The smallest absolute Gasteiger partial charge is 0.257 e. The lowest BCUT2D eigenvalue weighted by Crippen LogP contribution is -2.25. The van der Waals surface area contributed by atoms with E-state index in [1.165, 1.54) is 12.1 Å². The lowest BCUT2D eigenvalue weighted by Gasteiger charge is -2.22. The molecule has 1 atom stereocenters. The van der Waals surface area contributed by atoms with Gasteiger partial charge in [-0.3, -0.25) is 0 Å². The van der Waals surface area contributed by atoms with Crippen molar-refractivity contribution in [1.29, 1.82) is 0 Å². The molecule has 0 aliphatic rings. The molecule has 3 rings (SSSR count). The Morgan fingerprint density at radius 2 is 1.76 bits per heavy atom. The van der Waals surface area contributed by atoms with E-state index in [1.54, 1.807) is 24.3 Å². The van der Waals surface area contributed by atoms with E-state index >= 15 is 0 Å². The van der Waals surface area contributed by atoms with Crippen LogP contribution in [-0.2, 0) is 6.54 Å². The minimum atomic E-state index is -0.239. The minimum Gasteiger partial charge on any atom is -0.334 e. The maximum Gasteiger partial charge on any atom is 0.257 e. The van der Waals surface area contributed by atoms with E-state index in [1.807, 2.05) is 12.1 Å². The fraction of sp³-hybridized carbons (Fsp3) is 0.263. The van der Waals surface area contributed by atoms with Gasteiger partial charge in [-0.1, -0.05) is 42.7 Å². The molecular formula is C19H19ClFN3O. The van der Waals surface area contributed by atoms with E-state index in [-0.39, 0.29) is 11.9 Å². The van der Waals surface area contributed by atoms with Gasteiger partial charge >= 0.3 is 0 Å². The number of hydrogen-bond donors (Lipinski definition) is 1. The first-order chi connectivity index (χ1) is 12.0. The Bertz CT molecular complexity index is 815. The van der Waals surface area contributed by atoms with Crippen molar-refractivity contribution in [3.05, 3.63) is 70.8 Å². The minimum absolute atomic E-state index is 0.0677. The van der Waals surface area contributed by atoms with Gasteiger partial charge in [0, 0.05) is 16.6 Å². The van der Waals surface area contributed by atoms with Gasteiger partial charge in [0.05, 0.1) is 6.54 Å². The van der Waals surface area contributed by atoms with Gasteiger partial charge in [-0.05, 0) is 47.9 Å². The molecule has 130 valence electrons. The summed E-state index contributed by atoms with van der Waals surface area (Å²) in [5, 5.41) is 8.09. The topological polar surface area (TPSA) is 51.0 Å². The number of benzene rings is 2. The maximum absolute atomic E-state index is 13.1. The summed E-state index contributed by atoms with van der Waals surface area (Å²) in [6.45, 7) is 4.67. The highest BCUT2D eigenvalue weighted by Gasteiger charge is 2.17. The Morgan fingerprint density at radius 3 is 2.40 bits per heavy atom. The molecule has 1 heterocycles. The number of halogens is 2. The molecule has 1 N–H and O–H groups in total. The Morgan fingerprint density at radius 1 is 1.08 bits per heavy atom. The van der Waals surface area contributed by atoms with Crippen molar-refractivity contribution in [1.82, 2.24) is 15.5 Å². The first-order valence-corrected chi connectivity index (χ1v) is 8.48. The van der Waals surface area contributed by atoms with Crippen LogP contribution in [0.1, 0.15) is 31.3 Å². The standard InChI is InChI=1S/C19H19ClFN3O/c1-12(2)18(13-5-9-16(21)10-6-13)22-11-17-23-19(25-24-17)14-3-7-15(20)8-4-14/h3-10,12,18,22H,11H2,1-2H3. The van der Waals surface area contributed by atoms with E-state index in [9.17, 15) is 4.39 Å². The van der Waals surface area contributed by atoms with Crippen molar-refractivity contribution < 1.29 is 8.91 Å². The fourth-order valence-corrected chi connectivity index (χ4v) is 2.77. The highest BCUT2D eigenvalue weighted by atomic mass is 35.5. The average Bonchev–Trinajstić information content (AvgIpc) is 3.06. The van der Waals surface area contributed by atoms with Crippen LogP contribution in [0.25, 0.3) is 11.5 Å². The second-order valence-electron chi connectivity index (χ2n) is 6.18. The van der Waals surface area contributed by atoms with Crippen LogP contribution in [0.15, 0.2) is 53.1 Å².